The smallest absolute Gasteiger partial charge is 0.348 e. The van der Waals surface area contributed by atoms with Gasteiger partial charge < -0.3 is 19.4 Å². The molecule has 1 saturated carbocycles. The fraction of sp³-hybridized carbons (Fsp3) is 0.318. The van der Waals surface area contributed by atoms with Gasteiger partial charge in [-0.2, -0.15) is 0 Å². The van der Waals surface area contributed by atoms with Crippen molar-refractivity contribution in [3.8, 4) is 11.1 Å². The lowest BCUT2D eigenvalue weighted by Crippen LogP contribution is -2.28. The van der Waals surface area contributed by atoms with Crippen molar-refractivity contribution in [2.75, 3.05) is 0 Å². The fourth-order valence-electron chi connectivity index (χ4n) is 3.86. The summed E-state index contributed by atoms with van der Waals surface area (Å²) in [5, 5.41) is 10.3. The van der Waals surface area contributed by atoms with E-state index in [1.807, 2.05) is 42.5 Å². The number of rotatable bonds is 6. The third kappa shape index (κ3) is 3.68. The molecular weight excluding hydrogens is 360 g/mol. The number of aliphatic hydroxyl groups excluding tert-OH is 1. The predicted molar refractivity (Wildman–Crippen MR) is 99.2 cm³/mol. The number of benzene rings is 2. The Balaban J connectivity index is 1.42. The third-order valence-corrected chi connectivity index (χ3v) is 5.49. The molecule has 1 unspecified atom stereocenters. The first-order valence-corrected chi connectivity index (χ1v) is 9.27. The quantitative estimate of drug-likeness (QED) is 0.470. The summed E-state index contributed by atoms with van der Waals surface area (Å²) in [7, 11) is 0. The molecule has 0 radical (unpaired) electrons. The summed E-state index contributed by atoms with van der Waals surface area (Å²) < 4.78 is 10.3. The van der Waals surface area contributed by atoms with Gasteiger partial charge in [0.05, 0.1) is 17.6 Å². The molecule has 28 heavy (non-hydrogen) atoms. The van der Waals surface area contributed by atoms with Crippen LogP contribution >= 0.6 is 0 Å². The highest BCUT2D eigenvalue weighted by Crippen LogP contribution is 2.39. The molecule has 2 fully saturated rings. The van der Waals surface area contributed by atoms with Crippen molar-refractivity contribution in [3.63, 3.8) is 0 Å². The molecule has 1 heterocycles. The van der Waals surface area contributed by atoms with E-state index in [1.165, 1.54) is 0 Å². The predicted octanol–water partition coefficient (Wildman–Crippen LogP) is 2.39. The van der Waals surface area contributed by atoms with E-state index in [-0.39, 0.29) is 18.8 Å². The summed E-state index contributed by atoms with van der Waals surface area (Å²) in [4.78, 5) is 35.1. The molecule has 2 aromatic rings. The number of esters is 1. The van der Waals surface area contributed by atoms with Gasteiger partial charge in [0.1, 0.15) is 12.4 Å². The van der Waals surface area contributed by atoms with Gasteiger partial charge in [0.25, 0.3) is 0 Å². The van der Waals surface area contributed by atoms with Crippen molar-refractivity contribution >= 4 is 18.2 Å². The van der Waals surface area contributed by atoms with Crippen LogP contribution < -0.4 is 0 Å². The van der Waals surface area contributed by atoms with Gasteiger partial charge in [-0.25, -0.2) is 9.59 Å². The normalized spacial score (nSPS) is 28.5. The van der Waals surface area contributed by atoms with Crippen LogP contribution in [0.4, 0.5) is 0 Å². The Hall–Kier alpha value is -2.99. The lowest BCUT2D eigenvalue weighted by Gasteiger charge is -2.19. The van der Waals surface area contributed by atoms with Gasteiger partial charge in [-0.05, 0) is 23.3 Å². The van der Waals surface area contributed by atoms with Crippen LogP contribution in [0.1, 0.15) is 23.2 Å². The highest BCUT2D eigenvalue weighted by atomic mass is 16.6. The topological polar surface area (TPSA) is 93.2 Å². The van der Waals surface area contributed by atoms with Crippen molar-refractivity contribution in [3.05, 3.63) is 60.2 Å². The number of aldehydes is 1. The highest BCUT2D eigenvalue weighted by Gasteiger charge is 2.50. The Morgan fingerprint density at radius 1 is 1.11 bits per heavy atom. The number of carbonyl (C=O) groups is 3. The highest BCUT2D eigenvalue weighted by molar-refractivity contribution is 5.90. The van der Waals surface area contributed by atoms with Crippen molar-refractivity contribution in [1.82, 2.24) is 0 Å². The Labute approximate surface area is 162 Å². The molecule has 2 aromatic carbocycles. The van der Waals surface area contributed by atoms with E-state index in [1.54, 1.807) is 12.1 Å². The monoisotopic (exact) mass is 380 g/mol. The number of epoxide rings is 1. The number of cyclic esters (lactones) is 1. The number of aliphatic hydroxyl groups is 1. The van der Waals surface area contributed by atoms with E-state index in [4.69, 9.17) is 9.47 Å². The lowest BCUT2D eigenvalue weighted by molar-refractivity contribution is -0.117. The number of hydrogen-bond acceptors (Lipinski definition) is 6. The Bertz CT molecular complexity index is 876. The van der Waals surface area contributed by atoms with Crippen LogP contribution in [0.2, 0.25) is 0 Å². The molecular formula is C22H20O6. The van der Waals surface area contributed by atoms with Crippen molar-refractivity contribution in [1.29, 1.82) is 0 Å². The van der Waals surface area contributed by atoms with Gasteiger partial charge >= 0.3 is 11.9 Å². The second-order valence-corrected chi connectivity index (χ2v) is 7.23. The molecule has 4 rings (SSSR count). The summed E-state index contributed by atoms with van der Waals surface area (Å²) in [6.07, 6.45) is -0.948. The third-order valence-electron chi connectivity index (χ3n) is 5.49. The van der Waals surface area contributed by atoms with Gasteiger partial charge in [0, 0.05) is 18.8 Å². The summed E-state index contributed by atoms with van der Waals surface area (Å²) in [6, 6.07) is 16.8. The first-order chi connectivity index (χ1) is 13.6. The molecule has 144 valence electrons. The molecule has 0 spiro atoms. The van der Waals surface area contributed by atoms with Crippen molar-refractivity contribution in [2.24, 2.45) is 11.8 Å². The van der Waals surface area contributed by atoms with E-state index in [0.29, 0.717) is 11.8 Å². The van der Waals surface area contributed by atoms with Crippen molar-refractivity contribution in [2.45, 2.75) is 31.2 Å². The van der Waals surface area contributed by atoms with Crippen LogP contribution in [0.5, 0.6) is 0 Å². The van der Waals surface area contributed by atoms with Crippen LogP contribution in [0, 0.1) is 11.8 Å². The van der Waals surface area contributed by atoms with Gasteiger partial charge in [0.15, 0.2) is 6.10 Å². The SMILES string of the molecule is O=C[C@@H]1[C@@H](CC2OC2=O)[C@@H](O)C[C@H]1OC(=O)c1ccc(-c2ccccc2)cc1. The molecule has 1 aliphatic heterocycles. The molecule has 6 heteroatoms. The van der Waals surface area contributed by atoms with Crippen molar-refractivity contribution < 1.29 is 29.0 Å². The van der Waals surface area contributed by atoms with Gasteiger partial charge in [-0.15, -0.1) is 0 Å². The summed E-state index contributed by atoms with van der Waals surface area (Å²) in [5.74, 6) is -1.97. The minimum Gasteiger partial charge on any atom is -0.458 e. The summed E-state index contributed by atoms with van der Waals surface area (Å²) >= 11 is 0. The molecule has 5 atom stereocenters. The van der Waals surface area contributed by atoms with E-state index in [9.17, 15) is 19.5 Å². The second-order valence-electron chi connectivity index (χ2n) is 7.23. The Morgan fingerprint density at radius 2 is 1.75 bits per heavy atom. The molecule has 1 aliphatic carbocycles. The average Bonchev–Trinajstić information content (AvgIpc) is 3.34. The summed E-state index contributed by atoms with van der Waals surface area (Å²) in [5.41, 5.74) is 2.40. The zero-order chi connectivity index (χ0) is 19.7. The van der Waals surface area contributed by atoms with Gasteiger partial charge in [-0.3, -0.25) is 0 Å². The van der Waals surface area contributed by atoms with Crippen LogP contribution in [-0.4, -0.2) is 41.6 Å². The minimum absolute atomic E-state index is 0.169. The van der Waals surface area contributed by atoms with E-state index >= 15 is 0 Å². The number of carbonyl (C=O) groups excluding carboxylic acids is 3. The molecule has 0 aromatic heterocycles. The molecule has 1 N–H and O–H groups in total. The maximum Gasteiger partial charge on any atom is 0.348 e. The fourth-order valence-corrected chi connectivity index (χ4v) is 3.86. The van der Waals surface area contributed by atoms with Crippen LogP contribution in [0.3, 0.4) is 0 Å². The zero-order valence-corrected chi connectivity index (χ0v) is 15.1. The number of ether oxygens (including phenoxy) is 2. The largest absolute Gasteiger partial charge is 0.458 e. The first kappa shape index (κ1) is 18.4. The summed E-state index contributed by atoms with van der Waals surface area (Å²) in [6.45, 7) is 0. The molecule has 0 bridgehead atoms. The van der Waals surface area contributed by atoms with E-state index in [2.05, 4.69) is 0 Å². The van der Waals surface area contributed by atoms with Crippen LogP contribution in [0.15, 0.2) is 54.6 Å². The molecule has 6 nitrogen and oxygen atoms in total. The standard InChI is InChI=1S/C22H20O6/c23-12-17-16(10-20-22(26)28-20)18(24)11-19(17)27-21(25)15-8-6-14(7-9-15)13-4-2-1-3-5-13/h1-9,12,16-20,24H,10-11H2/t16-,17-,18+,19-,20?/m1/s1. The van der Waals surface area contributed by atoms with Gasteiger partial charge in [-0.1, -0.05) is 42.5 Å². The maximum absolute atomic E-state index is 12.5. The van der Waals surface area contributed by atoms with E-state index < -0.39 is 36.1 Å². The number of hydrogen-bond donors (Lipinski definition) is 1. The first-order valence-electron chi connectivity index (χ1n) is 9.27. The Morgan fingerprint density at radius 3 is 2.36 bits per heavy atom. The lowest BCUT2D eigenvalue weighted by atomic mass is 9.90. The molecule has 0 amide bonds. The Kier molecular flexibility index (Phi) is 4.96. The van der Waals surface area contributed by atoms with E-state index in [0.717, 1.165) is 11.1 Å². The molecule has 1 saturated heterocycles. The maximum atomic E-state index is 12.5. The second kappa shape index (κ2) is 7.56. The van der Waals surface area contributed by atoms with Crippen LogP contribution in [-0.2, 0) is 19.1 Å². The molecule has 2 aliphatic rings. The van der Waals surface area contributed by atoms with Crippen LogP contribution in [0.25, 0.3) is 11.1 Å². The zero-order valence-electron chi connectivity index (χ0n) is 15.1. The minimum atomic E-state index is -0.814. The van der Waals surface area contributed by atoms with Gasteiger partial charge in [0.2, 0.25) is 0 Å². The average molecular weight is 380 g/mol.